The Labute approximate surface area is 153 Å². The molecule has 1 aliphatic rings. The lowest BCUT2D eigenvalue weighted by molar-refractivity contribution is -0.114. The predicted molar refractivity (Wildman–Crippen MR) is 103 cm³/mol. The van der Waals surface area contributed by atoms with Gasteiger partial charge in [0.25, 0.3) is 0 Å². The zero-order valence-corrected chi connectivity index (χ0v) is 14.8. The lowest BCUT2D eigenvalue weighted by atomic mass is 10.2. The molecule has 3 rings (SSSR count). The zero-order valence-electron chi connectivity index (χ0n) is 14.8. The molecule has 0 atom stereocenters. The van der Waals surface area contributed by atoms with E-state index in [1.165, 1.54) is 19.1 Å². The van der Waals surface area contributed by atoms with E-state index in [2.05, 4.69) is 27.0 Å². The largest absolute Gasteiger partial charge is 0.369 e. The van der Waals surface area contributed by atoms with Crippen molar-refractivity contribution < 1.29 is 9.18 Å². The van der Waals surface area contributed by atoms with E-state index in [4.69, 9.17) is 0 Å². The summed E-state index contributed by atoms with van der Waals surface area (Å²) in [5, 5.41) is 2.76. The van der Waals surface area contributed by atoms with Crippen molar-refractivity contribution in [3.63, 3.8) is 0 Å². The molecule has 26 heavy (non-hydrogen) atoms. The van der Waals surface area contributed by atoms with Crippen LogP contribution in [0.3, 0.4) is 0 Å². The topological polar surface area (TPSA) is 35.6 Å². The summed E-state index contributed by atoms with van der Waals surface area (Å²) < 4.78 is 13.0. The second kappa shape index (κ2) is 8.50. The van der Waals surface area contributed by atoms with Crippen molar-refractivity contribution in [1.29, 1.82) is 0 Å². The van der Waals surface area contributed by atoms with E-state index in [9.17, 15) is 9.18 Å². The molecule has 0 bridgehead atoms. The van der Waals surface area contributed by atoms with E-state index in [-0.39, 0.29) is 11.7 Å². The van der Waals surface area contributed by atoms with E-state index in [1.807, 2.05) is 36.4 Å². The van der Waals surface area contributed by atoms with Gasteiger partial charge in [-0.15, -0.1) is 0 Å². The molecule has 0 aromatic heterocycles. The Kier molecular flexibility index (Phi) is 5.88. The molecule has 0 unspecified atom stereocenters. The van der Waals surface area contributed by atoms with Crippen LogP contribution < -0.4 is 10.2 Å². The smallest absolute Gasteiger partial charge is 0.221 e. The van der Waals surface area contributed by atoms with Crippen LogP contribution in [0.5, 0.6) is 0 Å². The van der Waals surface area contributed by atoms with Gasteiger partial charge in [0.2, 0.25) is 5.91 Å². The first-order chi connectivity index (χ1) is 12.6. The lowest BCUT2D eigenvalue weighted by Crippen LogP contribution is -2.46. The summed E-state index contributed by atoms with van der Waals surface area (Å²) in [7, 11) is 0. The van der Waals surface area contributed by atoms with Crippen molar-refractivity contribution in [2.45, 2.75) is 6.92 Å². The molecule has 5 heteroatoms. The maximum absolute atomic E-state index is 13.0. The highest BCUT2D eigenvalue weighted by molar-refractivity contribution is 5.88. The Balaban J connectivity index is 1.51. The van der Waals surface area contributed by atoms with Crippen LogP contribution in [-0.2, 0) is 4.79 Å². The Morgan fingerprint density at radius 2 is 1.85 bits per heavy atom. The number of hydrogen-bond donors (Lipinski definition) is 1. The van der Waals surface area contributed by atoms with Crippen molar-refractivity contribution in [3.8, 4) is 11.8 Å². The summed E-state index contributed by atoms with van der Waals surface area (Å²) in [5.41, 5.74) is 2.71. The third kappa shape index (κ3) is 5.08. The third-order valence-electron chi connectivity index (χ3n) is 4.28. The van der Waals surface area contributed by atoms with Gasteiger partial charge in [-0.3, -0.25) is 9.69 Å². The predicted octanol–water partition coefficient (Wildman–Crippen LogP) is 2.96. The van der Waals surface area contributed by atoms with E-state index < -0.39 is 0 Å². The normalized spacial score (nSPS) is 14.5. The number of carbonyl (C=O) groups excluding carboxylic acids is 1. The molecule has 4 nitrogen and oxygen atoms in total. The Hall–Kier alpha value is -2.84. The highest BCUT2D eigenvalue weighted by atomic mass is 19.1. The third-order valence-corrected chi connectivity index (χ3v) is 4.28. The Morgan fingerprint density at radius 3 is 2.54 bits per heavy atom. The van der Waals surface area contributed by atoms with Crippen molar-refractivity contribution in [2.24, 2.45) is 0 Å². The summed E-state index contributed by atoms with van der Waals surface area (Å²) >= 11 is 0. The number of carbonyl (C=O) groups is 1. The van der Waals surface area contributed by atoms with Crippen LogP contribution >= 0.6 is 0 Å². The Bertz CT molecular complexity index is 815. The van der Waals surface area contributed by atoms with E-state index in [0.717, 1.165) is 43.1 Å². The zero-order chi connectivity index (χ0) is 18.4. The highest BCUT2D eigenvalue weighted by Gasteiger charge is 2.16. The first kappa shape index (κ1) is 18.0. The number of hydrogen-bond acceptors (Lipinski definition) is 3. The second-order valence-electron chi connectivity index (χ2n) is 6.30. The van der Waals surface area contributed by atoms with Crippen LogP contribution in [0, 0.1) is 17.7 Å². The minimum Gasteiger partial charge on any atom is -0.369 e. The second-order valence-corrected chi connectivity index (χ2v) is 6.30. The molecule has 1 fully saturated rings. The minimum absolute atomic E-state index is 0.0888. The van der Waals surface area contributed by atoms with Gasteiger partial charge in [-0.1, -0.05) is 17.9 Å². The number of benzene rings is 2. The van der Waals surface area contributed by atoms with Crippen LogP contribution in [0.2, 0.25) is 0 Å². The van der Waals surface area contributed by atoms with Crippen LogP contribution in [0.25, 0.3) is 0 Å². The average Bonchev–Trinajstić information content (AvgIpc) is 2.63. The maximum atomic E-state index is 13.0. The van der Waals surface area contributed by atoms with Gasteiger partial charge in [0, 0.05) is 50.0 Å². The molecule has 0 radical (unpaired) electrons. The van der Waals surface area contributed by atoms with Gasteiger partial charge < -0.3 is 10.2 Å². The van der Waals surface area contributed by atoms with Crippen molar-refractivity contribution >= 4 is 17.3 Å². The first-order valence-electron chi connectivity index (χ1n) is 8.69. The van der Waals surface area contributed by atoms with Crippen LogP contribution in [0.1, 0.15) is 12.5 Å². The molecule has 1 N–H and O–H groups in total. The van der Waals surface area contributed by atoms with Gasteiger partial charge >= 0.3 is 0 Å². The molecule has 134 valence electrons. The molecule has 0 spiro atoms. The highest BCUT2D eigenvalue weighted by Crippen LogP contribution is 2.16. The van der Waals surface area contributed by atoms with Crippen LogP contribution in [0.15, 0.2) is 48.5 Å². The number of nitrogens with one attached hydrogen (secondary N) is 1. The van der Waals surface area contributed by atoms with Gasteiger partial charge in [-0.05, 0) is 42.5 Å². The molecular weight excluding hydrogens is 329 g/mol. The summed E-state index contributed by atoms with van der Waals surface area (Å²) in [6, 6.07) is 14.2. The molecule has 0 aliphatic carbocycles. The van der Waals surface area contributed by atoms with Crippen LogP contribution in [0.4, 0.5) is 15.8 Å². The molecule has 0 saturated carbocycles. The first-order valence-corrected chi connectivity index (χ1v) is 8.69. The van der Waals surface area contributed by atoms with E-state index in [0.29, 0.717) is 6.54 Å². The van der Waals surface area contributed by atoms with Gasteiger partial charge in [-0.2, -0.15) is 0 Å². The SMILES string of the molecule is CC(=O)Nc1cccc(C#CCN2CCN(c3ccc(F)cc3)CC2)c1. The molecule has 1 amide bonds. The summed E-state index contributed by atoms with van der Waals surface area (Å²) in [5.74, 6) is 6.07. The van der Waals surface area contributed by atoms with Gasteiger partial charge in [-0.25, -0.2) is 4.39 Å². The van der Waals surface area contributed by atoms with Crippen molar-refractivity contribution in [1.82, 2.24) is 4.90 Å². The molecule has 1 saturated heterocycles. The number of anilines is 2. The van der Waals surface area contributed by atoms with Gasteiger partial charge in [0.05, 0.1) is 6.54 Å². The number of nitrogens with zero attached hydrogens (tertiary/aromatic N) is 2. The average molecular weight is 351 g/mol. The number of rotatable bonds is 3. The lowest BCUT2D eigenvalue weighted by Gasteiger charge is -2.35. The quantitative estimate of drug-likeness (QED) is 0.864. The number of halogens is 1. The summed E-state index contributed by atoms with van der Waals surface area (Å²) in [6.45, 7) is 5.87. The fourth-order valence-corrected chi connectivity index (χ4v) is 2.95. The molecular formula is C21H22FN3O. The monoisotopic (exact) mass is 351 g/mol. The summed E-state index contributed by atoms with van der Waals surface area (Å²) in [4.78, 5) is 15.7. The van der Waals surface area contributed by atoms with Gasteiger partial charge in [0.1, 0.15) is 5.82 Å². The Morgan fingerprint density at radius 1 is 1.12 bits per heavy atom. The van der Waals surface area contributed by atoms with Crippen molar-refractivity contribution in [3.05, 3.63) is 59.9 Å². The fourth-order valence-electron chi connectivity index (χ4n) is 2.95. The fraction of sp³-hybridized carbons (Fsp3) is 0.286. The van der Waals surface area contributed by atoms with E-state index >= 15 is 0 Å². The maximum Gasteiger partial charge on any atom is 0.221 e. The number of amides is 1. The van der Waals surface area contributed by atoms with Crippen LogP contribution in [-0.4, -0.2) is 43.5 Å². The standard InChI is InChI=1S/C21H22FN3O/c1-17(26)23-20-6-2-4-18(16-20)5-3-11-24-12-14-25(15-13-24)21-9-7-19(22)8-10-21/h2,4,6-10,16H,11-15H2,1H3,(H,23,26). The molecule has 2 aromatic carbocycles. The van der Waals surface area contributed by atoms with Crippen molar-refractivity contribution in [2.75, 3.05) is 42.9 Å². The van der Waals surface area contributed by atoms with Gasteiger partial charge in [0.15, 0.2) is 0 Å². The van der Waals surface area contributed by atoms with E-state index in [1.54, 1.807) is 0 Å². The molecule has 2 aromatic rings. The minimum atomic E-state index is -0.203. The summed E-state index contributed by atoms with van der Waals surface area (Å²) in [6.07, 6.45) is 0. The molecule has 1 aliphatic heterocycles. The number of piperazine rings is 1. The molecule has 1 heterocycles.